The van der Waals surface area contributed by atoms with Crippen molar-refractivity contribution in [2.45, 2.75) is 64.4 Å². The Morgan fingerprint density at radius 1 is 1.09 bits per heavy atom. The minimum atomic E-state index is -0.669. The summed E-state index contributed by atoms with van der Waals surface area (Å²) in [6.07, 6.45) is 3.72. The highest BCUT2D eigenvalue weighted by Gasteiger charge is 2.47. The van der Waals surface area contributed by atoms with Gasteiger partial charge in [-0.15, -0.1) is 0 Å². The number of benzene rings is 3. The summed E-state index contributed by atoms with van der Waals surface area (Å²) < 4.78 is 27.9. The smallest absolute Gasteiger partial charge is 0.332 e. The van der Waals surface area contributed by atoms with Gasteiger partial charge in [0, 0.05) is 32.4 Å². The lowest BCUT2D eigenvalue weighted by atomic mass is 9.65. The molecule has 0 unspecified atom stereocenters. The number of hydrogen-bond donors (Lipinski definition) is 1. The SMILES string of the molecule is CCOCC(=O)O[C@]1(CCNCCc2ccc(Cc3nc4ccccc4n3C)cc2)CCc2cc(F)ccc2[C@@H]1C(C)C. The van der Waals surface area contributed by atoms with E-state index < -0.39 is 5.60 Å². The van der Waals surface area contributed by atoms with E-state index in [4.69, 9.17) is 14.5 Å². The molecule has 1 aromatic heterocycles. The van der Waals surface area contributed by atoms with Crippen LogP contribution in [-0.2, 0) is 40.6 Å². The number of carbonyl (C=O) groups is 1. The number of hydrogen-bond acceptors (Lipinski definition) is 5. The Kier molecular flexibility index (Phi) is 9.93. The summed E-state index contributed by atoms with van der Waals surface area (Å²) in [4.78, 5) is 17.7. The molecule has 0 spiro atoms. The number of halogens is 1. The molecule has 5 rings (SSSR count). The number of fused-ring (bicyclic) bond motifs is 2. The van der Waals surface area contributed by atoms with Crippen LogP contribution in [0.3, 0.4) is 0 Å². The van der Waals surface area contributed by atoms with Crippen LogP contribution in [0.2, 0.25) is 0 Å². The van der Waals surface area contributed by atoms with E-state index in [0.717, 1.165) is 47.4 Å². The highest BCUT2D eigenvalue weighted by Crippen LogP contribution is 2.48. The molecule has 0 radical (unpaired) electrons. The Hall–Kier alpha value is -3.55. The van der Waals surface area contributed by atoms with E-state index in [2.05, 4.69) is 67.2 Å². The van der Waals surface area contributed by atoms with E-state index in [1.165, 1.54) is 17.2 Å². The summed E-state index contributed by atoms with van der Waals surface area (Å²) in [5.74, 6) is 0.695. The molecule has 0 bridgehead atoms. The van der Waals surface area contributed by atoms with Crippen LogP contribution in [0.4, 0.5) is 4.39 Å². The lowest BCUT2D eigenvalue weighted by Gasteiger charge is -2.46. The lowest BCUT2D eigenvalue weighted by Crippen LogP contribution is -2.49. The van der Waals surface area contributed by atoms with Crippen LogP contribution in [0.1, 0.15) is 67.6 Å². The Balaban J connectivity index is 1.19. The highest BCUT2D eigenvalue weighted by atomic mass is 19.1. The van der Waals surface area contributed by atoms with E-state index in [1.807, 2.05) is 25.1 Å². The summed E-state index contributed by atoms with van der Waals surface area (Å²) in [5, 5.41) is 3.60. The minimum absolute atomic E-state index is 0.0203. The topological polar surface area (TPSA) is 65.4 Å². The number of ether oxygens (including phenoxy) is 2. The molecule has 0 aliphatic heterocycles. The third-order valence-electron chi connectivity index (χ3n) is 8.81. The van der Waals surface area contributed by atoms with Crippen molar-refractivity contribution in [3.63, 3.8) is 0 Å². The Labute approximate surface area is 254 Å². The second-order valence-electron chi connectivity index (χ2n) is 12.1. The number of aromatic nitrogens is 2. The molecule has 43 heavy (non-hydrogen) atoms. The molecular weight excluding hydrogens is 541 g/mol. The molecule has 1 N–H and O–H groups in total. The predicted octanol–water partition coefficient (Wildman–Crippen LogP) is 6.53. The molecule has 0 saturated carbocycles. The van der Waals surface area contributed by atoms with Gasteiger partial charge < -0.3 is 19.4 Å². The van der Waals surface area contributed by atoms with Crippen molar-refractivity contribution in [3.05, 3.63) is 101 Å². The zero-order valence-corrected chi connectivity index (χ0v) is 25.9. The van der Waals surface area contributed by atoms with E-state index in [9.17, 15) is 9.18 Å². The fraction of sp³-hybridized carbons (Fsp3) is 0.444. The minimum Gasteiger partial charge on any atom is -0.457 e. The van der Waals surface area contributed by atoms with Crippen LogP contribution >= 0.6 is 0 Å². The fourth-order valence-electron chi connectivity index (χ4n) is 6.75. The van der Waals surface area contributed by atoms with Gasteiger partial charge in [-0.1, -0.05) is 56.3 Å². The summed E-state index contributed by atoms with van der Waals surface area (Å²) in [6, 6.07) is 22.0. The number of para-hydroxylation sites is 2. The maximum atomic E-state index is 14.1. The number of rotatable bonds is 13. The van der Waals surface area contributed by atoms with E-state index >= 15 is 0 Å². The van der Waals surface area contributed by atoms with Gasteiger partial charge in [-0.05, 0) is 91.7 Å². The van der Waals surface area contributed by atoms with Crippen molar-refractivity contribution >= 4 is 17.0 Å². The molecule has 0 amide bonds. The number of carbonyl (C=O) groups excluding carboxylic acids is 1. The molecule has 0 fully saturated rings. The molecule has 1 aliphatic rings. The van der Waals surface area contributed by atoms with Crippen LogP contribution in [0, 0.1) is 11.7 Å². The van der Waals surface area contributed by atoms with Gasteiger partial charge >= 0.3 is 5.97 Å². The molecule has 4 aromatic rings. The molecule has 1 heterocycles. The maximum Gasteiger partial charge on any atom is 0.332 e. The summed E-state index contributed by atoms with van der Waals surface area (Å²) in [5.41, 5.74) is 6.12. The zero-order valence-electron chi connectivity index (χ0n) is 25.9. The number of nitrogens with zero attached hydrogens (tertiary/aromatic N) is 2. The first-order chi connectivity index (χ1) is 20.8. The van der Waals surface area contributed by atoms with Gasteiger partial charge in [-0.2, -0.15) is 0 Å². The van der Waals surface area contributed by atoms with E-state index in [0.29, 0.717) is 32.4 Å². The zero-order chi connectivity index (χ0) is 30.4. The second kappa shape index (κ2) is 13.8. The third-order valence-corrected chi connectivity index (χ3v) is 8.81. The van der Waals surface area contributed by atoms with Crippen molar-refractivity contribution in [1.82, 2.24) is 14.9 Å². The van der Waals surface area contributed by atoms with Gasteiger partial charge in [-0.3, -0.25) is 0 Å². The Morgan fingerprint density at radius 3 is 2.60 bits per heavy atom. The van der Waals surface area contributed by atoms with Crippen molar-refractivity contribution < 1.29 is 18.7 Å². The summed E-state index contributed by atoms with van der Waals surface area (Å²) in [6.45, 7) is 8.11. The number of imidazole rings is 1. The standard InChI is InChI=1S/C36H44FN3O3/c1-5-42-24-34(41)43-36(18-16-28-23-29(37)14-15-30(28)35(36)25(2)3)19-21-38-20-17-26-10-12-27(13-11-26)22-33-39-31-8-6-7-9-32(31)40(33)4/h6-15,23,25,35,38H,5,16-22,24H2,1-4H3/t35-,36-/m0/s1. The van der Waals surface area contributed by atoms with Gasteiger partial charge in [0.25, 0.3) is 0 Å². The molecule has 0 saturated heterocycles. The monoisotopic (exact) mass is 585 g/mol. The molecule has 1 aliphatic carbocycles. The molecule has 7 heteroatoms. The largest absolute Gasteiger partial charge is 0.457 e. The third kappa shape index (κ3) is 7.16. The molecule has 3 aromatic carbocycles. The van der Waals surface area contributed by atoms with Crippen molar-refractivity contribution in [1.29, 1.82) is 0 Å². The average molecular weight is 586 g/mol. The van der Waals surface area contributed by atoms with Crippen LogP contribution in [0.25, 0.3) is 11.0 Å². The predicted molar refractivity (Wildman–Crippen MR) is 169 cm³/mol. The summed E-state index contributed by atoms with van der Waals surface area (Å²) in [7, 11) is 2.07. The number of nitrogens with one attached hydrogen (secondary N) is 1. The normalized spacial score (nSPS) is 18.2. The highest BCUT2D eigenvalue weighted by molar-refractivity contribution is 5.75. The fourth-order valence-corrected chi connectivity index (χ4v) is 6.75. The quantitative estimate of drug-likeness (QED) is 0.143. The van der Waals surface area contributed by atoms with Crippen LogP contribution in [-0.4, -0.2) is 47.4 Å². The van der Waals surface area contributed by atoms with Crippen LogP contribution in [0.5, 0.6) is 0 Å². The van der Waals surface area contributed by atoms with E-state index in [1.54, 1.807) is 6.07 Å². The first-order valence-corrected chi connectivity index (χ1v) is 15.6. The molecule has 6 nitrogen and oxygen atoms in total. The van der Waals surface area contributed by atoms with Crippen molar-refractivity contribution in [2.24, 2.45) is 13.0 Å². The number of aryl methyl sites for hydroxylation is 2. The Bertz CT molecular complexity index is 1530. The maximum absolute atomic E-state index is 14.1. The number of esters is 1. The second-order valence-corrected chi connectivity index (χ2v) is 12.1. The first kappa shape index (κ1) is 30.9. The van der Waals surface area contributed by atoms with Gasteiger partial charge in [0.1, 0.15) is 23.8 Å². The molecular formula is C36H44FN3O3. The van der Waals surface area contributed by atoms with Crippen LogP contribution < -0.4 is 5.32 Å². The Morgan fingerprint density at radius 2 is 1.86 bits per heavy atom. The summed E-state index contributed by atoms with van der Waals surface area (Å²) >= 11 is 0. The van der Waals surface area contributed by atoms with Crippen LogP contribution in [0.15, 0.2) is 66.7 Å². The average Bonchev–Trinajstić information content (AvgIpc) is 3.31. The van der Waals surface area contributed by atoms with Gasteiger partial charge in [0.05, 0.1) is 11.0 Å². The lowest BCUT2D eigenvalue weighted by molar-refractivity contribution is -0.172. The van der Waals surface area contributed by atoms with Gasteiger partial charge in [0.2, 0.25) is 0 Å². The van der Waals surface area contributed by atoms with Gasteiger partial charge in [-0.25, -0.2) is 14.2 Å². The first-order valence-electron chi connectivity index (χ1n) is 15.6. The van der Waals surface area contributed by atoms with Crippen molar-refractivity contribution in [3.8, 4) is 0 Å². The van der Waals surface area contributed by atoms with E-state index in [-0.39, 0.29) is 30.2 Å². The van der Waals surface area contributed by atoms with Gasteiger partial charge in [0.15, 0.2) is 0 Å². The molecule has 2 atom stereocenters. The van der Waals surface area contributed by atoms with Crippen molar-refractivity contribution in [2.75, 3.05) is 26.3 Å². The molecule has 228 valence electrons.